The lowest BCUT2D eigenvalue weighted by atomic mass is 10.1. The number of fused-ring (bicyclic) bond motifs is 1. The van der Waals surface area contributed by atoms with Gasteiger partial charge in [-0.05, 0) is 48.9 Å². The van der Waals surface area contributed by atoms with Crippen molar-refractivity contribution >= 4 is 38.5 Å². The van der Waals surface area contributed by atoms with Crippen LogP contribution in [0.15, 0.2) is 60.0 Å². The summed E-state index contributed by atoms with van der Waals surface area (Å²) >= 11 is 0. The van der Waals surface area contributed by atoms with Gasteiger partial charge in [0.25, 0.3) is 10.0 Å². The quantitative estimate of drug-likeness (QED) is 0.468. The topological polar surface area (TPSA) is 127 Å². The molecule has 4 rings (SSSR count). The minimum absolute atomic E-state index is 0.105. The number of aliphatic carboxylic acids is 1. The second-order valence-corrected chi connectivity index (χ2v) is 8.45. The molecule has 0 aliphatic heterocycles. The Kier molecular flexibility index (Phi) is 5.11. The first-order valence-electron chi connectivity index (χ1n) is 9.03. The lowest BCUT2D eigenvalue weighted by molar-refractivity contribution is -0.136. The Hall–Kier alpha value is -3.86. The van der Waals surface area contributed by atoms with E-state index < -0.39 is 28.2 Å². The van der Waals surface area contributed by atoms with E-state index in [0.29, 0.717) is 11.6 Å². The molecule has 31 heavy (non-hydrogen) atoms. The SMILES string of the molecule is Cc1c(CC(=O)O)c2cc(F)ccc2n1S(=O)(=O)c1ccc(Nc2ccncn2)nc1. The zero-order valence-electron chi connectivity index (χ0n) is 16.2. The molecule has 0 fully saturated rings. The van der Waals surface area contributed by atoms with Gasteiger partial charge in [-0.3, -0.25) is 4.79 Å². The van der Waals surface area contributed by atoms with E-state index >= 15 is 0 Å². The maximum Gasteiger partial charge on any atom is 0.307 e. The summed E-state index contributed by atoms with van der Waals surface area (Å²) in [7, 11) is -4.13. The molecule has 158 valence electrons. The number of carboxylic acid groups (broad SMARTS) is 1. The molecule has 2 N–H and O–H groups in total. The highest BCUT2D eigenvalue weighted by atomic mass is 32.2. The summed E-state index contributed by atoms with van der Waals surface area (Å²) < 4.78 is 41.6. The van der Waals surface area contributed by atoms with Gasteiger partial charge in [0.2, 0.25) is 0 Å². The lowest BCUT2D eigenvalue weighted by Crippen LogP contribution is -2.15. The zero-order chi connectivity index (χ0) is 22.2. The highest BCUT2D eigenvalue weighted by Gasteiger charge is 2.26. The number of nitrogens with one attached hydrogen (secondary N) is 1. The van der Waals surface area contributed by atoms with E-state index in [1.807, 2.05) is 0 Å². The smallest absolute Gasteiger partial charge is 0.307 e. The third-order valence-corrected chi connectivity index (χ3v) is 6.47. The van der Waals surface area contributed by atoms with Gasteiger partial charge in [-0.1, -0.05) is 0 Å². The van der Waals surface area contributed by atoms with Crippen molar-refractivity contribution in [3.8, 4) is 0 Å². The van der Waals surface area contributed by atoms with Gasteiger partial charge in [0.1, 0.15) is 28.7 Å². The number of halogens is 1. The van der Waals surface area contributed by atoms with Gasteiger partial charge < -0.3 is 10.4 Å². The van der Waals surface area contributed by atoms with Crippen LogP contribution in [0, 0.1) is 12.7 Å². The first kappa shape index (κ1) is 20.4. The van der Waals surface area contributed by atoms with Crippen LogP contribution in [0.25, 0.3) is 10.9 Å². The molecule has 0 radical (unpaired) electrons. The van der Waals surface area contributed by atoms with E-state index in [9.17, 15) is 22.7 Å². The number of anilines is 2. The van der Waals surface area contributed by atoms with Crippen LogP contribution < -0.4 is 5.32 Å². The molecular formula is C20H16FN5O4S. The van der Waals surface area contributed by atoms with Crippen molar-refractivity contribution in [1.29, 1.82) is 0 Å². The molecule has 0 atom stereocenters. The summed E-state index contributed by atoms with van der Waals surface area (Å²) in [6, 6.07) is 8.07. The molecular weight excluding hydrogens is 425 g/mol. The molecule has 0 unspecified atom stereocenters. The minimum Gasteiger partial charge on any atom is -0.481 e. The standard InChI is InChI=1S/C20H16FN5O4S/c1-12-15(9-20(27)28)16-8-13(21)2-4-17(16)26(12)31(29,30)14-3-5-18(23-10-14)25-19-6-7-22-11-24-19/h2-8,10-11H,9H2,1H3,(H,27,28)(H,22,23,24,25). The Morgan fingerprint density at radius 1 is 1.16 bits per heavy atom. The summed E-state index contributed by atoms with van der Waals surface area (Å²) in [5.74, 6) is -0.868. The molecule has 3 aromatic heterocycles. The van der Waals surface area contributed by atoms with Crippen LogP contribution in [0.1, 0.15) is 11.3 Å². The van der Waals surface area contributed by atoms with Gasteiger partial charge in [0.05, 0.1) is 11.9 Å². The molecule has 0 aliphatic carbocycles. The number of aromatic nitrogens is 4. The van der Waals surface area contributed by atoms with E-state index in [-0.39, 0.29) is 27.1 Å². The predicted molar refractivity (Wildman–Crippen MR) is 110 cm³/mol. The molecule has 3 heterocycles. The summed E-state index contributed by atoms with van der Waals surface area (Å²) in [6.07, 6.45) is 3.66. The first-order valence-corrected chi connectivity index (χ1v) is 10.5. The maximum absolute atomic E-state index is 13.8. The van der Waals surface area contributed by atoms with Gasteiger partial charge in [-0.2, -0.15) is 0 Å². The number of nitrogens with zero attached hydrogens (tertiary/aromatic N) is 4. The second kappa shape index (κ2) is 7.76. The number of rotatable bonds is 6. The third kappa shape index (κ3) is 3.82. The Labute approximate surface area is 176 Å². The van der Waals surface area contributed by atoms with Crippen LogP contribution >= 0.6 is 0 Å². The Morgan fingerprint density at radius 2 is 1.94 bits per heavy atom. The van der Waals surface area contributed by atoms with E-state index in [2.05, 4.69) is 20.3 Å². The number of pyridine rings is 1. The fourth-order valence-electron chi connectivity index (χ4n) is 3.32. The molecule has 0 bridgehead atoms. The molecule has 0 saturated carbocycles. The largest absolute Gasteiger partial charge is 0.481 e. The van der Waals surface area contributed by atoms with Crippen molar-refractivity contribution in [1.82, 2.24) is 18.9 Å². The van der Waals surface area contributed by atoms with Crippen molar-refractivity contribution in [2.75, 3.05) is 5.32 Å². The number of carboxylic acids is 1. The number of carbonyl (C=O) groups is 1. The first-order chi connectivity index (χ1) is 14.8. The molecule has 0 amide bonds. The van der Waals surface area contributed by atoms with E-state index in [1.54, 1.807) is 12.3 Å². The monoisotopic (exact) mass is 441 g/mol. The van der Waals surface area contributed by atoms with Crippen LogP contribution in [-0.2, 0) is 21.2 Å². The number of hydrogen-bond donors (Lipinski definition) is 2. The molecule has 4 aromatic rings. The normalized spacial score (nSPS) is 11.5. The number of hydrogen-bond acceptors (Lipinski definition) is 7. The Morgan fingerprint density at radius 3 is 2.58 bits per heavy atom. The number of benzene rings is 1. The average molecular weight is 441 g/mol. The van der Waals surface area contributed by atoms with Crippen LogP contribution in [0.4, 0.5) is 16.0 Å². The minimum atomic E-state index is -4.13. The molecule has 11 heteroatoms. The molecule has 0 aliphatic rings. The van der Waals surface area contributed by atoms with Crippen LogP contribution in [0.3, 0.4) is 0 Å². The third-order valence-electron chi connectivity index (χ3n) is 4.68. The molecule has 0 spiro atoms. The zero-order valence-corrected chi connectivity index (χ0v) is 17.0. The van der Waals surface area contributed by atoms with Gasteiger partial charge in [0, 0.05) is 23.5 Å². The lowest BCUT2D eigenvalue weighted by Gasteiger charge is -2.11. The second-order valence-electron chi connectivity index (χ2n) is 6.66. The highest BCUT2D eigenvalue weighted by molar-refractivity contribution is 7.90. The summed E-state index contributed by atoms with van der Waals surface area (Å²) in [6.45, 7) is 1.49. The van der Waals surface area contributed by atoms with Crippen LogP contribution in [0.5, 0.6) is 0 Å². The maximum atomic E-state index is 13.8. The van der Waals surface area contributed by atoms with E-state index in [0.717, 1.165) is 16.1 Å². The molecule has 9 nitrogen and oxygen atoms in total. The van der Waals surface area contributed by atoms with Crippen molar-refractivity contribution in [3.63, 3.8) is 0 Å². The van der Waals surface area contributed by atoms with Crippen molar-refractivity contribution in [2.45, 2.75) is 18.2 Å². The summed E-state index contributed by atoms with van der Waals surface area (Å²) in [4.78, 5) is 23.1. The van der Waals surface area contributed by atoms with Crippen molar-refractivity contribution in [2.24, 2.45) is 0 Å². The van der Waals surface area contributed by atoms with Gasteiger partial charge in [-0.25, -0.2) is 31.7 Å². The van der Waals surface area contributed by atoms with Crippen molar-refractivity contribution in [3.05, 3.63) is 72.2 Å². The van der Waals surface area contributed by atoms with Crippen LogP contribution in [0.2, 0.25) is 0 Å². The van der Waals surface area contributed by atoms with E-state index in [1.165, 1.54) is 37.6 Å². The Bertz CT molecular complexity index is 1390. The van der Waals surface area contributed by atoms with Gasteiger partial charge in [-0.15, -0.1) is 0 Å². The van der Waals surface area contributed by atoms with E-state index in [4.69, 9.17) is 0 Å². The fraction of sp³-hybridized carbons (Fsp3) is 0.100. The fourth-order valence-corrected chi connectivity index (χ4v) is 4.84. The predicted octanol–water partition coefficient (Wildman–Crippen LogP) is 2.88. The summed E-state index contributed by atoms with van der Waals surface area (Å²) in [5.41, 5.74) is 0.630. The Balaban J connectivity index is 1.78. The molecule has 1 aromatic carbocycles. The average Bonchev–Trinajstić information content (AvgIpc) is 3.00. The van der Waals surface area contributed by atoms with Crippen LogP contribution in [-0.4, -0.2) is 38.4 Å². The highest BCUT2D eigenvalue weighted by Crippen LogP contribution is 2.31. The summed E-state index contributed by atoms with van der Waals surface area (Å²) in [5, 5.41) is 12.4. The van der Waals surface area contributed by atoms with Gasteiger partial charge in [0.15, 0.2) is 0 Å². The van der Waals surface area contributed by atoms with Crippen molar-refractivity contribution < 1.29 is 22.7 Å². The molecule has 0 saturated heterocycles. The van der Waals surface area contributed by atoms with Gasteiger partial charge >= 0.3 is 5.97 Å².